The lowest BCUT2D eigenvalue weighted by atomic mass is 9.67. The van der Waals surface area contributed by atoms with Crippen molar-refractivity contribution in [2.75, 3.05) is 24.4 Å². The van der Waals surface area contributed by atoms with Crippen LogP contribution < -0.4 is 9.64 Å². The van der Waals surface area contributed by atoms with Crippen LogP contribution in [0.15, 0.2) is 47.6 Å². The molecule has 0 aliphatic carbocycles. The van der Waals surface area contributed by atoms with Gasteiger partial charge in [0.25, 0.3) is 0 Å². The number of amides is 2. The fourth-order valence-electron chi connectivity index (χ4n) is 6.66. The normalized spacial score (nSPS) is 26.3. The van der Waals surface area contributed by atoms with E-state index in [2.05, 4.69) is 22.0 Å². The van der Waals surface area contributed by atoms with Crippen LogP contribution in [0.25, 0.3) is 10.8 Å². The summed E-state index contributed by atoms with van der Waals surface area (Å²) in [5.41, 5.74) is -0.316. The average Bonchev–Trinajstić information content (AvgIpc) is 3.55. The standard InChI is InChI=1S/C31H28N4O5S/c1-4-15-41-29-33-20(18-38-3)16-24(34-29)39-14-13-31-12-11-30(2,40-31)25-26(31)28(37)35(27(25)36)23-10-9-19-7-5-6-8-21(19)22(23)17-32/h1,5-10,16,25-26H,11-15,18H2,2-3H3. The number of anilines is 1. The number of thioether (sulfide) groups is 1. The van der Waals surface area contributed by atoms with Crippen molar-refractivity contribution < 1.29 is 23.8 Å². The highest BCUT2D eigenvalue weighted by atomic mass is 32.2. The smallest absolute Gasteiger partial charge is 0.240 e. The fraction of sp³-hybridized carbons (Fsp3) is 0.387. The molecule has 2 bridgehead atoms. The lowest BCUT2D eigenvalue weighted by Crippen LogP contribution is -2.43. The molecule has 4 heterocycles. The first kappa shape index (κ1) is 27.2. The highest BCUT2D eigenvalue weighted by molar-refractivity contribution is 7.99. The summed E-state index contributed by atoms with van der Waals surface area (Å²) in [6.07, 6.45) is 7.07. The third kappa shape index (κ3) is 4.43. The molecule has 4 unspecified atom stereocenters. The number of hydrogen-bond donors (Lipinski definition) is 0. The molecule has 10 heteroatoms. The second-order valence-electron chi connectivity index (χ2n) is 10.7. The number of carbonyl (C=O) groups is 2. The average molecular weight is 569 g/mol. The van der Waals surface area contributed by atoms with Crippen LogP contribution in [0.3, 0.4) is 0 Å². The van der Waals surface area contributed by atoms with E-state index in [1.807, 2.05) is 37.3 Å². The van der Waals surface area contributed by atoms with Crippen LogP contribution in [0.5, 0.6) is 5.88 Å². The Morgan fingerprint density at radius 2 is 1.98 bits per heavy atom. The van der Waals surface area contributed by atoms with Gasteiger partial charge >= 0.3 is 0 Å². The minimum absolute atomic E-state index is 0.225. The highest BCUT2D eigenvalue weighted by Gasteiger charge is 2.74. The van der Waals surface area contributed by atoms with Crippen molar-refractivity contribution in [1.29, 1.82) is 5.26 Å². The van der Waals surface area contributed by atoms with Crippen LogP contribution in [0, 0.1) is 35.5 Å². The Bertz CT molecular complexity index is 1650. The van der Waals surface area contributed by atoms with Crippen LogP contribution in [0.1, 0.15) is 37.4 Å². The van der Waals surface area contributed by atoms with Gasteiger partial charge in [-0.25, -0.2) is 9.88 Å². The number of rotatable bonds is 9. The maximum Gasteiger partial charge on any atom is 0.240 e. The second-order valence-corrected chi connectivity index (χ2v) is 11.7. The predicted molar refractivity (Wildman–Crippen MR) is 152 cm³/mol. The van der Waals surface area contributed by atoms with Crippen molar-refractivity contribution in [3.8, 4) is 24.3 Å². The summed E-state index contributed by atoms with van der Waals surface area (Å²) >= 11 is 1.33. The molecule has 0 saturated carbocycles. The molecule has 0 spiro atoms. The van der Waals surface area contributed by atoms with Gasteiger partial charge in [-0.05, 0) is 31.2 Å². The van der Waals surface area contributed by atoms with E-state index in [4.69, 9.17) is 20.6 Å². The molecule has 4 atom stereocenters. The number of fused-ring (bicyclic) bond motifs is 6. The Balaban J connectivity index is 1.27. The number of benzene rings is 2. The maximum atomic E-state index is 14.1. The molecule has 6 rings (SSSR count). The van der Waals surface area contributed by atoms with Gasteiger partial charge in [0.15, 0.2) is 5.16 Å². The number of ether oxygens (including phenoxy) is 3. The zero-order valence-corrected chi connectivity index (χ0v) is 23.6. The van der Waals surface area contributed by atoms with E-state index >= 15 is 0 Å². The maximum absolute atomic E-state index is 14.1. The van der Waals surface area contributed by atoms with Crippen molar-refractivity contribution >= 4 is 40.0 Å². The summed E-state index contributed by atoms with van der Waals surface area (Å²) in [5, 5.41) is 12.1. The Morgan fingerprint density at radius 3 is 2.76 bits per heavy atom. The largest absolute Gasteiger partial charge is 0.477 e. The number of imide groups is 1. The quantitative estimate of drug-likeness (QED) is 0.162. The number of aromatic nitrogens is 2. The molecule has 208 valence electrons. The molecule has 3 fully saturated rings. The summed E-state index contributed by atoms with van der Waals surface area (Å²) in [6, 6.07) is 14.9. The van der Waals surface area contributed by atoms with Crippen LogP contribution in [0.2, 0.25) is 0 Å². The topological polar surface area (TPSA) is 115 Å². The van der Waals surface area contributed by atoms with Crippen molar-refractivity contribution in [2.45, 2.75) is 49.2 Å². The van der Waals surface area contributed by atoms with Crippen LogP contribution in [0.4, 0.5) is 5.69 Å². The number of terminal acetylenes is 1. The lowest BCUT2D eigenvalue weighted by molar-refractivity contribution is -0.131. The first-order valence-electron chi connectivity index (χ1n) is 13.4. The summed E-state index contributed by atoms with van der Waals surface area (Å²) in [4.78, 5) is 38.1. The molecule has 9 nitrogen and oxygen atoms in total. The van der Waals surface area contributed by atoms with Crippen LogP contribution in [-0.2, 0) is 25.7 Å². The van der Waals surface area contributed by atoms with Gasteiger partial charge in [-0.3, -0.25) is 9.59 Å². The lowest BCUT2D eigenvalue weighted by Gasteiger charge is -2.31. The molecular formula is C31H28N4O5S. The Morgan fingerprint density at radius 1 is 1.17 bits per heavy atom. The number of carbonyl (C=O) groups excluding carboxylic acids is 2. The van der Waals surface area contributed by atoms with Gasteiger partial charge in [-0.2, -0.15) is 10.2 Å². The van der Waals surface area contributed by atoms with Gasteiger partial charge in [0.05, 0.1) is 58.9 Å². The van der Waals surface area contributed by atoms with Crippen molar-refractivity contribution in [3.05, 3.63) is 53.7 Å². The summed E-state index contributed by atoms with van der Waals surface area (Å²) in [5.74, 6) is 1.44. The van der Waals surface area contributed by atoms with E-state index in [9.17, 15) is 14.9 Å². The van der Waals surface area contributed by atoms with Crippen LogP contribution >= 0.6 is 11.8 Å². The van der Waals surface area contributed by atoms with Gasteiger partial charge in [0, 0.05) is 25.0 Å². The van der Waals surface area contributed by atoms with Crippen molar-refractivity contribution in [2.24, 2.45) is 11.8 Å². The van der Waals surface area contributed by atoms with E-state index in [1.54, 1.807) is 19.2 Å². The molecule has 3 saturated heterocycles. The summed E-state index contributed by atoms with van der Waals surface area (Å²) in [7, 11) is 1.59. The minimum atomic E-state index is -0.853. The summed E-state index contributed by atoms with van der Waals surface area (Å²) < 4.78 is 17.8. The number of nitrogens with zero attached hydrogens (tertiary/aromatic N) is 4. The molecule has 3 aliphatic heterocycles. The Kier molecular flexibility index (Phi) is 6.95. The Hall–Kier alpha value is -3.96. The van der Waals surface area contributed by atoms with E-state index in [0.717, 1.165) is 5.39 Å². The van der Waals surface area contributed by atoms with E-state index in [1.165, 1.54) is 16.7 Å². The molecular weight excluding hydrogens is 540 g/mol. The van der Waals surface area contributed by atoms with Crippen molar-refractivity contribution in [3.63, 3.8) is 0 Å². The first-order valence-corrected chi connectivity index (χ1v) is 14.4. The molecule has 3 aliphatic rings. The molecule has 2 aromatic carbocycles. The minimum Gasteiger partial charge on any atom is -0.477 e. The van der Waals surface area contributed by atoms with Gasteiger partial charge in [-0.1, -0.05) is 48.0 Å². The fourth-order valence-corrected chi connectivity index (χ4v) is 7.20. The van der Waals surface area contributed by atoms with E-state index in [-0.39, 0.29) is 18.4 Å². The SMILES string of the molecule is C#CCSc1nc(COC)cc(OCCC23CCC(C)(O2)C2C(=O)N(c4ccc5ccccc5c4C#N)C(=O)C23)n1. The van der Waals surface area contributed by atoms with Gasteiger partial charge in [0.2, 0.25) is 17.7 Å². The third-order valence-corrected chi connectivity index (χ3v) is 9.11. The first-order chi connectivity index (χ1) is 19.8. The van der Waals surface area contributed by atoms with Crippen LogP contribution in [-0.4, -0.2) is 52.5 Å². The zero-order chi connectivity index (χ0) is 28.8. The van der Waals surface area contributed by atoms with E-state index < -0.39 is 23.0 Å². The third-order valence-electron chi connectivity index (χ3n) is 8.36. The molecule has 0 N–H and O–H groups in total. The second kappa shape index (κ2) is 10.5. The van der Waals surface area contributed by atoms with Gasteiger partial charge in [0.1, 0.15) is 6.07 Å². The number of hydrogen-bond acceptors (Lipinski definition) is 9. The molecule has 3 aromatic rings. The number of methoxy groups -OCH3 is 1. The predicted octanol–water partition coefficient (Wildman–Crippen LogP) is 4.27. The zero-order valence-electron chi connectivity index (χ0n) is 22.8. The Labute approximate surface area is 242 Å². The molecule has 0 radical (unpaired) electrons. The highest BCUT2D eigenvalue weighted by Crippen LogP contribution is 2.62. The molecule has 2 amide bonds. The monoisotopic (exact) mass is 568 g/mol. The molecule has 1 aromatic heterocycles. The van der Waals surface area contributed by atoms with Gasteiger partial charge in [-0.15, -0.1) is 6.42 Å². The number of nitriles is 1. The van der Waals surface area contributed by atoms with Crippen molar-refractivity contribution in [1.82, 2.24) is 9.97 Å². The molecule has 41 heavy (non-hydrogen) atoms. The van der Waals surface area contributed by atoms with E-state index in [0.29, 0.717) is 65.0 Å². The van der Waals surface area contributed by atoms with Gasteiger partial charge < -0.3 is 14.2 Å². The summed E-state index contributed by atoms with van der Waals surface area (Å²) in [6.45, 7) is 2.43.